The summed E-state index contributed by atoms with van der Waals surface area (Å²) in [5.74, 6) is -5.68. The third-order valence-electron chi connectivity index (χ3n) is 8.05. The number of esters is 4. The Kier molecular flexibility index (Phi) is 23.9. The van der Waals surface area contributed by atoms with E-state index in [2.05, 4.69) is 16.0 Å². The summed E-state index contributed by atoms with van der Waals surface area (Å²) in [6.07, 6.45) is 3.02. The van der Waals surface area contributed by atoms with Gasteiger partial charge in [0.2, 0.25) is 0 Å². The van der Waals surface area contributed by atoms with Crippen molar-refractivity contribution in [2.45, 2.75) is 117 Å². The molecule has 0 amide bonds. The van der Waals surface area contributed by atoms with Crippen molar-refractivity contribution in [3.8, 4) is 0 Å². The maximum atomic E-state index is 12.6. The molecule has 0 rings (SSSR count). The average molecular weight is 690 g/mol. The van der Waals surface area contributed by atoms with Gasteiger partial charge in [-0.05, 0) is 91.8 Å². The fourth-order valence-corrected chi connectivity index (χ4v) is 5.53. The Morgan fingerprint density at radius 3 is 1.58 bits per heavy atom. The number of carboxylic acid groups (broad SMARTS) is 2. The first-order valence-corrected chi connectivity index (χ1v) is 17.2. The predicted octanol–water partition coefficient (Wildman–Crippen LogP) is 2.44. The number of carboxylic acids is 2. The number of ether oxygens (including phenoxy) is 4. The van der Waals surface area contributed by atoms with Crippen LogP contribution in [0.25, 0.3) is 0 Å². The quantitative estimate of drug-likeness (QED) is 0.0433. The lowest BCUT2D eigenvalue weighted by atomic mass is 9.79. The van der Waals surface area contributed by atoms with Gasteiger partial charge in [-0.1, -0.05) is 20.3 Å². The smallest absolute Gasteiger partial charge is 0.324 e. The first-order chi connectivity index (χ1) is 22.9. The molecule has 0 aliphatic heterocycles. The van der Waals surface area contributed by atoms with E-state index < -0.39 is 59.4 Å². The number of nitrogens with one attached hydrogen (secondary N) is 3. The summed E-state index contributed by atoms with van der Waals surface area (Å²) >= 11 is 0. The molecule has 15 heteroatoms. The molecule has 0 spiro atoms. The Balaban J connectivity index is 5.60. The third kappa shape index (κ3) is 16.7. The van der Waals surface area contributed by atoms with Crippen LogP contribution in [0.2, 0.25) is 0 Å². The number of aliphatic carboxylic acids is 2. The Bertz CT molecular complexity index is 995. The summed E-state index contributed by atoms with van der Waals surface area (Å²) in [7, 11) is 0. The predicted molar refractivity (Wildman–Crippen MR) is 176 cm³/mol. The normalized spacial score (nSPS) is 14.9. The first kappa shape index (κ1) is 44.7. The molecule has 0 saturated carbocycles. The van der Waals surface area contributed by atoms with E-state index in [1.54, 1.807) is 41.5 Å². The monoisotopic (exact) mass is 689 g/mol. The molecule has 48 heavy (non-hydrogen) atoms. The summed E-state index contributed by atoms with van der Waals surface area (Å²) in [4.78, 5) is 73.3. The van der Waals surface area contributed by atoms with Gasteiger partial charge in [0.25, 0.3) is 0 Å². The fraction of sp³-hybridized carbons (Fsp3) is 0.818. The molecule has 278 valence electrons. The summed E-state index contributed by atoms with van der Waals surface area (Å²) < 4.78 is 20.2. The van der Waals surface area contributed by atoms with E-state index in [-0.39, 0.29) is 64.6 Å². The van der Waals surface area contributed by atoms with Crippen LogP contribution in [0.4, 0.5) is 0 Å². The molecule has 0 aromatic carbocycles. The van der Waals surface area contributed by atoms with Crippen LogP contribution < -0.4 is 16.0 Å². The van der Waals surface area contributed by atoms with Crippen LogP contribution in [0.15, 0.2) is 0 Å². The topological polar surface area (TPSA) is 216 Å². The van der Waals surface area contributed by atoms with Crippen LogP contribution in [-0.2, 0) is 47.7 Å². The van der Waals surface area contributed by atoms with Crippen LogP contribution in [0, 0.1) is 11.8 Å². The van der Waals surface area contributed by atoms with Crippen molar-refractivity contribution in [3.63, 3.8) is 0 Å². The molecule has 5 unspecified atom stereocenters. The van der Waals surface area contributed by atoms with E-state index in [0.717, 1.165) is 0 Å². The molecule has 0 aliphatic carbocycles. The number of unbranched alkanes of at least 4 members (excludes halogenated alkanes) is 1. The third-order valence-corrected chi connectivity index (χ3v) is 8.05. The Morgan fingerprint density at radius 1 is 0.646 bits per heavy atom. The highest BCUT2D eigenvalue weighted by Gasteiger charge is 2.47. The van der Waals surface area contributed by atoms with E-state index in [4.69, 9.17) is 18.9 Å². The fourth-order valence-electron chi connectivity index (χ4n) is 5.53. The summed E-state index contributed by atoms with van der Waals surface area (Å²) in [6, 6.07) is -1.76. The van der Waals surface area contributed by atoms with Gasteiger partial charge in [-0.15, -0.1) is 0 Å². The molecule has 0 radical (unpaired) electrons. The lowest BCUT2D eigenvalue weighted by Gasteiger charge is -2.34. The van der Waals surface area contributed by atoms with Crippen molar-refractivity contribution >= 4 is 35.8 Å². The van der Waals surface area contributed by atoms with Gasteiger partial charge in [0.05, 0.1) is 45.2 Å². The van der Waals surface area contributed by atoms with E-state index >= 15 is 0 Å². The molecule has 0 heterocycles. The molecule has 5 atom stereocenters. The molecule has 0 saturated heterocycles. The summed E-state index contributed by atoms with van der Waals surface area (Å²) in [5.41, 5.74) is -1.62. The van der Waals surface area contributed by atoms with E-state index in [1.165, 1.54) is 0 Å². The minimum absolute atomic E-state index is 0.0198. The average Bonchev–Trinajstić information content (AvgIpc) is 3.03. The molecule has 0 aliphatic rings. The number of hydrogen-bond acceptors (Lipinski definition) is 13. The molecule has 15 nitrogen and oxygen atoms in total. The zero-order valence-corrected chi connectivity index (χ0v) is 29.6. The van der Waals surface area contributed by atoms with E-state index in [0.29, 0.717) is 45.2 Å². The van der Waals surface area contributed by atoms with Gasteiger partial charge in [0.15, 0.2) is 0 Å². The molecule has 0 fully saturated rings. The number of rotatable bonds is 29. The first-order valence-electron chi connectivity index (χ1n) is 17.2. The van der Waals surface area contributed by atoms with Crippen molar-refractivity contribution in [2.75, 3.05) is 46.1 Å². The number of hydrogen-bond donors (Lipinski definition) is 5. The lowest BCUT2D eigenvalue weighted by molar-refractivity contribution is -0.158. The van der Waals surface area contributed by atoms with Crippen molar-refractivity contribution < 1.29 is 57.9 Å². The van der Waals surface area contributed by atoms with Crippen molar-refractivity contribution in [1.82, 2.24) is 16.0 Å². The highest BCUT2D eigenvalue weighted by atomic mass is 16.5. The second-order valence-electron chi connectivity index (χ2n) is 11.3. The Hall–Kier alpha value is -3.30. The standard InChI is InChI=1S/C33H59N3O12/c1-7-24(29(39)40)33(8-2,32(43)44)36-19-15-17-23(22-35-26(31(42)48-12-6)21-28(38)46-10-4)16-13-14-18-34-25(30(41)47-11-5)20-27(37)45-9-3/h23-26,34-36H,7-22H2,1-6H3,(H,39,40)(H,43,44). The van der Waals surface area contributed by atoms with Crippen LogP contribution >= 0.6 is 0 Å². The zero-order valence-electron chi connectivity index (χ0n) is 29.6. The van der Waals surface area contributed by atoms with Crippen LogP contribution in [-0.4, -0.2) is 110 Å². The van der Waals surface area contributed by atoms with E-state index in [1.807, 2.05) is 0 Å². The Morgan fingerprint density at radius 2 is 1.15 bits per heavy atom. The van der Waals surface area contributed by atoms with Gasteiger partial charge in [-0.3, -0.25) is 28.8 Å². The summed E-state index contributed by atoms with van der Waals surface area (Å²) in [5, 5.41) is 28.9. The van der Waals surface area contributed by atoms with Crippen LogP contribution in [0.5, 0.6) is 0 Å². The maximum Gasteiger partial charge on any atom is 0.324 e. The van der Waals surface area contributed by atoms with Crippen LogP contribution in [0.3, 0.4) is 0 Å². The largest absolute Gasteiger partial charge is 0.481 e. The van der Waals surface area contributed by atoms with Crippen molar-refractivity contribution in [3.05, 3.63) is 0 Å². The molecule has 5 N–H and O–H groups in total. The van der Waals surface area contributed by atoms with Crippen molar-refractivity contribution in [1.29, 1.82) is 0 Å². The second kappa shape index (κ2) is 25.7. The van der Waals surface area contributed by atoms with Gasteiger partial charge >= 0.3 is 35.8 Å². The van der Waals surface area contributed by atoms with Gasteiger partial charge < -0.3 is 45.1 Å². The maximum absolute atomic E-state index is 12.6. The molecule has 0 aromatic rings. The Labute approximate surface area is 284 Å². The summed E-state index contributed by atoms with van der Waals surface area (Å²) in [6.45, 7) is 11.7. The van der Waals surface area contributed by atoms with Crippen LogP contribution in [0.1, 0.15) is 99.3 Å². The van der Waals surface area contributed by atoms with E-state index in [9.17, 15) is 39.0 Å². The minimum atomic E-state index is -1.62. The van der Waals surface area contributed by atoms with Gasteiger partial charge in [0.1, 0.15) is 17.6 Å². The molecular weight excluding hydrogens is 630 g/mol. The number of carbonyl (C=O) groups excluding carboxylic acids is 4. The molecule has 0 aromatic heterocycles. The van der Waals surface area contributed by atoms with Gasteiger partial charge in [-0.25, -0.2) is 0 Å². The van der Waals surface area contributed by atoms with Gasteiger partial charge in [-0.2, -0.15) is 0 Å². The minimum Gasteiger partial charge on any atom is -0.481 e. The second-order valence-corrected chi connectivity index (χ2v) is 11.3. The SMILES string of the molecule is CCOC(=O)CC(NCCCCC(CCCNC(CC)(C(=O)O)C(CC)C(=O)O)CNC(CC(=O)OCC)C(=O)OCC)C(=O)OCC. The zero-order chi connectivity index (χ0) is 36.5. The van der Waals surface area contributed by atoms with Gasteiger partial charge in [0, 0.05) is 0 Å². The highest BCUT2D eigenvalue weighted by Crippen LogP contribution is 2.26. The number of carbonyl (C=O) groups is 6. The molecule has 0 bridgehead atoms. The van der Waals surface area contributed by atoms with Crippen molar-refractivity contribution in [2.24, 2.45) is 11.8 Å². The highest BCUT2D eigenvalue weighted by molar-refractivity contribution is 5.87. The molecular formula is C33H59N3O12. The lowest BCUT2D eigenvalue weighted by Crippen LogP contribution is -2.59.